The molecule has 0 unspecified atom stereocenters. The number of hydrogen-bond donors (Lipinski definition) is 1. The van der Waals surface area contributed by atoms with Gasteiger partial charge >= 0.3 is 0 Å². The molecule has 0 saturated heterocycles. The van der Waals surface area contributed by atoms with E-state index in [1.165, 1.54) is 0 Å². The lowest BCUT2D eigenvalue weighted by Gasteiger charge is -2.01. The van der Waals surface area contributed by atoms with Crippen LogP contribution in [0.2, 0.25) is 0 Å². The third-order valence-electron chi connectivity index (χ3n) is 2.58. The Morgan fingerprint density at radius 3 is 2.75 bits per heavy atom. The molecule has 5 nitrogen and oxygen atoms in total. The Balaban J connectivity index is 2.16. The second-order valence-electron chi connectivity index (χ2n) is 3.80. The van der Waals surface area contributed by atoms with E-state index >= 15 is 0 Å². The number of nitrogens with zero attached hydrogens (tertiary/aromatic N) is 4. The number of rotatable bonds is 4. The minimum Gasteiger partial charge on any atom is -0.390 e. The lowest BCUT2D eigenvalue weighted by molar-refractivity contribution is 0.277. The first-order chi connectivity index (χ1) is 7.72. The summed E-state index contributed by atoms with van der Waals surface area (Å²) in [6.45, 7) is 2.81. The molecule has 16 heavy (non-hydrogen) atoms. The minimum atomic E-state index is -0.0153. The maximum Gasteiger partial charge on any atom is 0.0954 e. The van der Waals surface area contributed by atoms with Gasteiger partial charge in [-0.25, -0.2) is 4.98 Å². The molecule has 0 saturated carbocycles. The van der Waals surface area contributed by atoms with Crippen molar-refractivity contribution in [3.05, 3.63) is 35.7 Å². The number of aromatic nitrogens is 4. The SMILES string of the molecule is CCc1cc(Cn2cnc(CO)c2)n(C)n1. The van der Waals surface area contributed by atoms with Gasteiger partial charge in [0, 0.05) is 13.2 Å². The summed E-state index contributed by atoms with van der Waals surface area (Å²) in [7, 11) is 1.94. The molecular formula is C11H16N4O. The largest absolute Gasteiger partial charge is 0.390 e. The van der Waals surface area contributed by atoms with Gasteiger partial charge in [-0.2, -0.15) is 5.10 Å². The lowest BCUT2D eigenvalue weighted by atomic mass is 10.3. The zero-order chi connectivity index (χ0) is 11.5. The molecule has 0 aliphatic heterocycles. The van der Waals surface area contributed by atoms with E-state index in [2.05, 4.69) is 23.1 Å². The highest BCUT2D eigenvalue weighted by molar-refractivity contribution is 5.11. The van der Waals surface area contributed by atoms with Crippen molar-refractivity contribution >= 4 is 0 Å². The third-order valence-corrected chi connectivity index (χ3v) is 2.58. The van der Waals surface area contributed by atoms with Gasteiger partial charge in [-0.3, -0.25) is 4.68 Å². The average Bonchev–Trinajstić information content (AvgIpc) is 2.87. The fourth-order valence-corrected chi connectivity index (χ4v) is 1.65. The van der Waals surface area contributed by atoms with E-state index in [9.17, 15) is 0 Å². The first kappa shape index (κ1) is 10.9. The van der Waals surface area contributed by atoms with Gasteiger partial charge in [0.15, 0.2) is 0 Å². The molecule has 0 radical (unpaired) electrons. The van der Waals surface area contributed by atoms with E-state index in [-0.39, 0.29) is 6.61 Å². The molecule has 0 fully saturated rings. The quantitative estimate of drug-likeness (QED) is 0.826. The van der Waals surface area contributed by atoms with E-state index < -0.39 is 0 Å². The Hall–Kier alpha value is -1.62. The highest BCUT2D eigenvalue weighted by Crippen LogP contribution is 2.07. The number of aryl methyl sites for hydroxylation is 2. The summed E-state index contributed by atoms with van der Waals surface area (Å²) in [6, 6.07) is 2.10. The lowest BCUT2D eigenvalue weighted by Crippen LogP contribution is -2.03. The summed E-state index contributed by atoms with van der Waals surface area (Å²) in [5.74, 6) is 0. The normalized spacial score (nSPS) is 10.9. The zero-order valence-corrected chi connectivity index (χ0v) is 9.59. The van der Waals surface area contributed by atoms with E-state index in [0.29, 0.717) is 5.69 Å². The second-order valence-corrected chi connectivity index (χ2v) is 3.80. The molecular weight excluding hydrogens is 204 g/mol. The molecule has 86 valence electrons. The number of aliphatic hydroxyl groups excluding tert-OH is 1. The average molecular weight is 220 g/mol. The van der Waals surface area contributed by atoms with Gasteiger partial charge in [0.1, 0.15) is 0 Å². The molecule has 2 rings (SSSR count). The van der Waals surface area contributed by atoms with Crippen molar-refractivity contribution < 1.29 is 5.11 Å². The number of hydrogen-bond acceptors (Lipinski definition) is 3. The van der Waals surface area contributed by atoms with Gasteiger partial charge in [-0.15, -0.1) is 0 Å². The molecule has 2 aromatic heterocycles. The number of imidazole rings is 1. The molecule has 0 aliphatic carbocycles. The van der Waals surface area contributed by atoms with Crippen molar-refractivity contribution in [2.24, 2.45) is 7.05 Å². The van der Waals surface area contributed by atoms with Crippen LogP contribution < -0.4 is 0 Å². The van der Waals surface area contributed by atoms with E-state index in [4.69, 9.17) is 5.11 Å². The van der Waals surface area contributed by atoms with Crippen molar-refractivity contribution in [2.45, 2.75) is 26.5 Å². The van der Waals surface area contributed by atoms with Crippen LogP contribution in [0.15, 0.2) is 18.6 Å². The summed E-state index contributed by atoms with van der Waals surface area (Å²) in [6.07, 6.45) is 4.52. The molecule has 1 N–H and O–H groups in total. The van der Waals surface area contributed by atoms with Gasteiger partial charge < -0.3 is 9.67 Å². The standard InChI is InChI=1S/C11H16N4O/c1-3-9-4-11(14(2)13-9)6-15-5-10(7-16)12-8-15/h4-5,8,16H,3,6-7H2,1-2H3. The Bertz CT molecular complexity index is 472. The van der Waals surface area contributed by atoms with Crippen LogP contribution in [0.3, 0.4) is 0 Å². The smallest absolute Gasteiger partial charge is 0.0954 e. The zero-order valence-electron chi connectivity index (χ0n) is 9.59. The van der Waals surface area contributed by atoms with E-state index in [0.717, 1.165) is 24.4 Å². The van der Waals surface area contributed by atoms with Gasteiger partial charge in [-0.1, -0.05) is 6.92 Å². The van der Waals surface area contributed by atoms with Gasteiger partial charge in [0.05, 0.1) is 36.6 Å². The van der Waals surface area contributed by atoms with E-state index in [1.54, 1.807) is 6.33 Å². The van der Waals surface area contributed by atoms with Crippen LogP contribution in [0.5, 0.6) is 0 Å². The Morgan fingerprint density at radius 2 is 2.19 bits per heavy atom. The molecule has 2 heterocycles. The van der Waals surface area contributed by atoms with Crippen LogP contribution in [0.25, 0.3) is 0 Å². The van der Waals surface area contributed by atoms with Crippen molar-refractivity contribution in [1.82, 2.24) is 19.3 Å². The van der Waals surface area contributed by atoms with Crippen molar-refractivity contribution in [3.8, 4) is 0 Å². The molecule has 5 heteroatoms. The van der Waals surface area contributed by atoms with Gasteiger partial charge in [0.2, 0.25) is 0 Å². The first-order valence-corrected chi connectivity index (χ1v) is 5.36. The molecule has 0 spiro atoms. The third kappa shape index (κ3) is 2.14. The molecule has 0 atom stereocenters. The fourth-order valence-electron chi connectivity index (χ4n) is 1.65. The Kier molecular flexibility index (Phi) is 3.05. The fraction of sp³-hybridized carbons (Fsp3) is 0.455. The van der Waals surface area contributed by atoms with Crippen molar-refractivity contribution in [1.29, 1.82) is 0 Å². The van der Waals surface area contributed by atoms with Crippen LogP contribution in [-0.2, 0) is 26.6 Å². The number of aliphatic hydroxyl groups is 1. The predicted molar refractivity (Wildman–Crippen MR) is 59.8 cm³/mol. The topological polar surface area (TPSA) is 55.9 Å². The van der Waals surface area contributed by atoms with Crippen LogP contribution in [0.4, 0.5) is 0 Å². The Labute approximate surface area is 94.4 Å². The summed E-state index contributed by atoms with van der Waals surface area (Å²) in [4.78, 5) is 4.07. The summed E-state index contributed by atoms with van der Waals surface area (Å²) < 4.78 is 3.83. The van der Waals surface area contributed by atoms with Gasteiger partial charge in [-0.05, 0) is 12.5 Å². The van der Waals surface area contributed by atoms with Crippen molar-refractivity contribution in [2.75, 3.05) is 0 Å². The molecule has 2 aromatic rings. The summed E-state index contributed by atoms with van der Waals surface area (Å²) in [5.41, 5.74) is 2.93. The summed E-state index contributed by atoms with van der Waals surface area (Å²) in [5, 5.41) is 13.3. The maximum absolute atomic E-state index is 8.92. The molecule has 0 aromatic carbocycles. The molecule has 0 bridgehead atoms. The van der Waals surface area contributed by atoms with Gasteiger partial charge in [0.25, 0.3) is 0 Å². The minimum absolute atomic E-state index is 0.0153. The second kappa shape index (κ2) is 4.49. The first-order valence-electron chi connectivity index (χ1n) is 5.36. The highest BCUT2D eigenvalue weighted by atomic mass is 16.3. The monoisotopic (exact) mass is 220 g/mol. The summed E-state index contributed by atoms with van der Waals surface area (Å²) >= 11 is 0. The van der Waals surface area contributed by atoms with Crippen LogP contribution in [0.1, 0.15) is 24.0 Å². The van der Waals surface area contributed by atoms with Crippen LogP contribution >= 0.6 is 0 Å². The van der Waals surface area contributed by atoms with E-state index in [1.807, 2.05) is 22.5 Å². The van der Waals surface area contributed by atoms with Crippen LogP contribution in [0, 0.1) is 0 Å². The predicted octanol–water partition coefficient (Wildman–Crippen LogP) is 0.720. The van der Waals surface area contributed by atoms with Crippen LogP contribution in [-0.4, -0.2) is 24.4 Å². The Morgan fingerprint density at radius 1 is 1.38 bits per heavy atom. The van der Waals surface area contributed by atoms with Crippen molar-refractivity contribution in [3.63, 3.8) is 0 Å². The maximum atomic E-state index is 8.92. The highest BCUT2D eigenvalue weighted by Gasteiger charge is 2.05. The molecule has 0 amide bonds. The molecule has 0 aliphatic rings.